The van der Waals surface area contributed by atoms with E-state index in [1.165, 1.54) is 0 Å². The third-order valence-corrected chi connectivity index (χ3v) is 3.98. The van der Waals surface area contributed by atoms with Crippen LogP contribution in [0.25, 0.3) is 0 Å². The van der Waals surface area contributed by atoms with Gasteiger partial charge in [0.05, 0.1) is 26.5 Å². The van der Waals surface area contributed by atoms with Gasteiger partial charge >= 0.3 is 17.8 Å². The van der Waals surface area contributed by atoms with Crippen LogP contribution in [0.2, 0.25) is 5.02 Å². The number of nitro groups is 2. The van der Waals surface area contributed by atoms with Gasteiger partial charge in [-0.1, -0.05) is 11.6 Å². The van der Waals surface area contributed by atoms with Crippen molar-refractivity contribution in [3.63, 3.8) is 0 Å². The Kier molecular flexibility index (Phi) is 6.45. The van der Waals surface area contributed by atoms with Crippen LogP contribution in [0, 0.1) is 26.0 Å². The number of halogens is 5. The number of hydrogen-bond donors (Lipinski definition) is 1. The maximum atomic E-state index is 14.2. The summed E-state index contributed by atoms with van der Waals surface area (Å²) in [5.74, 6) is -4.66. The summed E-state index contributed by atoms with van der Waals surface area (Å²) in [7, 11) is 0. The summed E-state index contributed by atoms with van der Waals surface area (Å²) in [4.78, 5) is 31.1. The third kappa shape index (κ3) is 5.11. The summed E-state index contributed by atoms with van der Waals surface area (Å²) in [5, 5.41) is 30.3. The lowest BCUT2D eigenvalue weighted by molar-refractivity contribution is -0.395. The molecule has 0 fully saturated rings. The minimum absolute atomic E-state index is 0.0593. The SMILES string of the molecule is O=C(O)CCc1cc(Oc2c(F)cc(C(F)(F)F)cc2Cl)c([N+](=O)[O-])cc1[N+](=O)[O-]. The predicted octanol–water partition coefficient (Wildman–Crippen LogP) is 5.12. The molecule has 0 saturated carbocycles. The number of carbonyl (C=O) groups is 1. The second kappa shape index (κ2) is 8.49. The lowest BCUT2D eigenvalue weighted by atomic mass is 10.1. The maximum Gasteiger partial charge on any atom is 0.416 e. The Labute approximate surface area is 168 Å². The first-order chi connectivity index (χ1) is 13.8. The van der Waals surface area contributed by atoms with E-state index in [4.69, 9.17) is 21.4 Å². The second-order valence-electron chi connectivity index (χ2n) is 5.73. The van der Waals surface area contributed by atoms with Gasteiger partial charge in [-0.05, 0) is 24.6 Å². The van der Waals surface area contributed by atoms with Crippen molar-refractivity contribution in [3.8, 4) is 11.5 Å². The molecule has 1 N–H and O–H groups in total. The van der Waals surface area contributed by atoms with Crippen LogP contribution < -0.4 is 4.74 Å². The van der Waals surface area contributed by atoms with Crippen LogP contribution in [-0.4, -0.2) is 20.9 Å². The summed E-state index contributed by atoms with van der Waals surface area (Å²) in [6.45, 7) is 0. The maximum absolute atomic E-state index is 14.2. The molecule has 0 aliphatic carbocycles. The van der Waals surface area contributed by atoms with E-state index < -0.39 is 74.1 Å². The fourth-order valence-electron chi connectivity index (χ4n) is 2.37. The number of carboxylic acids is 1. The summed E-state index contributed by atoms with van der Waals surface area (Å²) in [6.07, 6.45) is -5.93. The third-order valence-electron chi connectivity index (χ3n) is 3.70. The van der Waals surface area contributed by atoms with Gasteiger partial charge < -0.3 is 9.84 Å². The smallest absolute Gasteiger partial charge is 0.416 e. The molecule has 0 radical (unpaired) electrons. The standard InChI is InChI=1S/C16H9ClF4N2O7/c17-9-4-8(16(19,20)21)5-10(18)15(9)30-13-3-7(1-2-14(24)25)11(22(26)27)6-12(13)23(28)29/h3-6H,1-2H2,(H,24,25). The number of rotatable bonds is 7. The number of carboxylic acid groups (broad SMARTS) is 1. The van der Waals surface area contributed by atoms with Crippen LogP contribution in [0.3, 0.4) is 0 Å². The molecule has 0 aliphatic rings. The predicted molar refractivity (Wildman–Crippen MR) is 92.2 cm³/mol. The molecule has 0 bridgehead atoms. The van der Waals surface area contributed by atoms with Gasteiger partial charge in [0.15, 0.2) is 11.6 Å². The number of nitro benzene ring substituents is 2. The molecular formula is C16H9ClF4N2O7. The van der Waals surface area contributed by atoms with E-state index in [0.717, 1.165) is 6.07 Å². The van der Waals surface area contributed by atoms with E-state index in [1.807, 2.05) is 0 Å². The highest BCUT2D eigenvalue weighted by Crippen LogP contribution is 2.42. The van der Waals surface area contributed by atoms with Crippen molar-refractivity contribution in [2.24, 2.45) is 0 Å². The van der Waals surface area contributed by atoms with Crippen LogP contribution in [0.5, 0.6) is 11.5 Å². The number of aryl methyl sites for hydroxylation is 1. The zero-order valence-electron chi connectivity index (χ0n) is 14.4. The number of ether oxygens (including phenoxy) is 1. The molecule has 2 rings (SSSR count). The van der Waals surface area contributed by atoms with Gasteiger partial charge in [-0.2, -0.15) is 13.2 Å². The van der Waals surface area contributed by atoms with Gasteiger partial charge in [0.2, 0.25) is 5.75 Å². The molecule has 14 heteroatoms. The summed E-state index contributed by atoms with van der Waals surface area (Å²) in [5.41, 5.74) is -3.51. The van der Waals surface area contributed by atoms with Gasteiger partial charge in [0.1, 0.15) is 0 Å². The Morgan fingerprint density at radius 2 is 1.70 bits per heavy atom. The molecular weight excluding hydrogens is 444 g/mol. The van der Waals surface area contributed by atoms with Crippen molar-refractivity contribution in [1.82, 2.24) is 0 Å². The summed E-state index contributed by atoms with van der Waals surface area (Å²) >= 11 is 5.63. The van der Waals surface area contributed by atoms with Crippen LogP contribution in [0.1, 0.15) is 17.5 Å². The minimum Gasteiger partial charge on any atom is -0.481 e. The Hall–Kier alpha value is -3.48. The topological polar surface area (TPSA) is 133 Å². The molecule has 0 aromatic heterocycles. The van der Waals surface area contributed by atoms with Crippen molar-refractivity contribution in [3.05, 3.63) is 66.5 Å². The number of nitrogens with zero attached hydrogens (tertiary/aromatic N) is 2. The van der Waals surface area contributed by atoms with Gasteiger partial charge in [0.25, 0.3) is 5.69 Å². The number of aliphatic carboxylic acids is 1. The molecule has 2 aromatic carbocycles. The van der Waals surface area contributed by atoms with Crippen molar-refractivity contribution < 1.29 is 42.0 Å². The van der Waals surface area contributed by atoms with Crippen molar-refractivity contribution in [2.45, 2.75) is 19.0 Å². The average Bonchev–Trinajstić information content (AvgIpc) is 2.61. The Morgan fingerprint density at radius 3 is 2.17 bits per heavy atom. The van der Waals surface area contributed by atoms with Gasteiger partial charge in [-0.25, -0.2) is 4.39 Å². The molecule has 0 atom stereocenters. The van der Waals surface area contributed by atoms with Gasteiger partial charge in [0, 0.05) is 12.0 Å². The molecule has 30 heavy (non-hydrogen) atoms. The number of benzene rings is 2. The first kappa shape index (κ1) is 22.8. The molecule has 2 aromatic rings. The van der Waals surface area contributed by atoms with Gasteiger partial charge in [-0.15, -0.1) is 0 Å². The fourth-order valence-corrected chi connectivity index (χ4v) is 2.61. The molecule has 160 valence electrons. The van der Waals surface area contributed by atoms with E-state index >= 15 is 0 Å². The highest BCUT2D eigenvalue weighted by atomic mass is 35.5. The number of hydrogen-bond acceptors (Lipinski definition) is 6. The highest BCUT2D eigenvalue weighted by molar-refractivity contribution is 6.32. The van der Waals surface area contributed by atoms with Crippen LogP contribution in [0.15, 0.2) is 24.3 Å². The molecule has 9 nitrogen and oxygen atoms in total. The normalized spacial score (nSPS) is 11.2. The van der Waals surface area contributed by atoms with Gasteiger partial charge in [-0.3, -0.25) is 25.0 Å². The first-order valence-corrected chi connectivity index (χ1v) is 8.10. The molecule has 0 amide bonds. The first-order valence-electron chi connectivity index (χ1n) is 7.72. The summed E-state index contributed by atoms with van der Waals surface area (Å²) < 4.78 is 57.3. The average molecular weight is 453 g/mol. The van der Waals surface area contributed by atoms with Crippen molar-refractivity contribution >= 4 is 28.9 Å². The van der Waals surface area contributed by atoms with E-state index in [9.17, 15) is 42.6 Å². The monoisotopic (exact) mass is 452 g/mol. The lowest BCUT2D eigenvalue weighted by Gasteiger charge is -2.13. The molecule has 0 heterocycles. The lowest BCUT2D eigenvalue weighted by Crippen LogP contribution is -2.07. The largest absolute Gasteiger partial charge is 0.481 e. The summed E-state index contributed by atoms with van der Waals surface area (Å²) in [6, 6.07) is 1.61. The Balaban J connectivity index is 2.60. The minimum atomic E-state index is -4.92. The van der Waals surface area contributed by atoms with Crippen LogP contribution >= 0.6 is 11.6 Å². The van der Waals surface area contributed by atoms with E-state index in [-0.39, 0.29) is 11.6 Å². The van der Waals surface area contributed by atoms with Crippen LogP contribution in [-0.2, 0) is 17.4 Å². The Morgan fingerprint density at radius 1 is 1.10 bits per heavy atom. The van der Waals surface area contributed by atoms with E-state index in [2.05, 4.69) is 0 Å². The molecule has 0 aliphatic heterocycles. The number of alkyl halides is 3. The van der Waals surface area contributed by atoms with E-state index in [0.29, 0.717) is 12.1 Å². The molecule has 0 unspecified atom stereocenters. The molecule has 0 spiro atoms. The van der Waals surface area contributed by atoms with Crippen molar-refractivity contribution in [1.29, 1.82) is 0 Å². The zero-order valence-corrected chi connectivity index (χ0v) is 15.2. The fraction of sp³-hybridized carbons (Fsp3) is 0.188. The molecule has 0 saturated heterocycles. The van der Waals surface area contributed by atoms with E-state index in [1.54, 1.807) is 0 Å². The Bertz CT molecular complexity index is 1020. The highest BCUT2D eigenvalue weighted by Gasteiger charge is 2.33. The van der Waals surface area contributed by atoms with Crippen molar-refractivity contribution in [2.75, 3.05) is 0 Å². The second-order valence-corrected chi connectivity index (χ2v) is 6.13. The van der Waals surface area contributed by atoms with Crippen LogP contribution in [0.4, 0.5) is 28.9 Å². The zero-order chi connectivity index (χ0) is 22.8. The quantitative estimate of drug-likeness (QED) is 0.350.